The SMILES string of the molecule is Fc1ccc2oc3c4cc5ccccc5cc4ccc3c2c1. The van der Waals surface area contributed by atoms with Crippen molar-refractivity contribution in [2.75, 3.05) is 0 Å². The Morgan fingerprint density at radius 2 is 1.45 bits per heavy atom. The van der Waals surface area contributed by atoms with E-state index in [9.17, 15) is 4.39 Å². The van der Waals surface area contributed by atoms with Gasteiger partial charge in [-0.2, -0.15) is 0 Å². The van der Waals surface area contributed by atoms with E-state index < -0.39 is 0 Å². The van der Waals surface area contributed by atoms with Crippen LogP contribution in [0.1, 0.15) is 0 Å². The molecule has 0 N–H and O–H groups in total. The number of hydrogen-bond acceptors (Lipinski definition) is 1. The number of hydrogen-bond donors (Lipinski definition) is 0. The Kier molecular flexibility index (Phi) is 2.18. The summed E-state index contributed by atoms with van der Waals surface area (Å²) < 4.78 is 19.5. The van der Waals surface area contributed by atoms with Crippen molar-refractivity contribution in [2.45, 2.75) is 0 Å². The summed E-state index contributed by atoms with van der Waals surface area (Å²) in [4.78, 5) is 0. The van der Waals surface area contributed by atoms with Gasteiger partial charge in [0, 0.05) is 16.2 Å². The maximum Gasteiger partial charge on any atom is 0.143 e. The molecular weight excluding hydrogens is 275 g/mol. The van der Waals surface area contributed by atoms with Crippen LogP contribution in [-0.2, 0) is 0 Å². The van der Waals surface area contributed by atoms with Crippen LogP contribution in [0, 0.1) is 5.82 Å². The zero-order chi connectivity index (χ0) is 14.7. The molecule has 0 fully saturated rings. The van der Waals surface area contributed by atoms with Gasteiger partial charge in [0.25, 0.3) is 0 Å². The Balaban J connectivity index is 2.02. The minimum absolute atomic E-state index is 0.242. The van der Waals surface area contributed by atoms with Crippen LogP contribution in [0.25, 0.3) is 43.5 Å². The summed E-state index contributed by atoms with van der Waals surface area (Å²) in [6.45, 7) is 0. The largest absolute Gasteiger partial charge is 0.455 e. The fraction of sp³-hybridized carbons (Fsp3) is 0. The molecule has 0 saturated carbocycles. The maximum atomic E-state index is 13.5. The quantitative estimate of drug-likeness (QED) is 0.317. The lowest BCUT2D eigenvalue weighted by Gasteiger charge is -2.02. The van der Waals surface area contributed by atoms with Crippen LogP contribution in [0.4, 0.5) is 4.39 Å². The highest BCUT2D eigenvalue weighted by molar-refractivity contribution is 6.17. The van der Waals surface area contributed by atoms with Gasteiger partial charge < -0.3 is 4.42 Å². The Hall–Kier alpha value is -2.87. The van der Waals surface area contributed by atoms with E-state index in [0.29, 0.717) is 0 Å². The molecule has 0 aliphatic rings. The Bertz CT molecular complexity index is 1180. The van der Waals surface area contributed by atoms with Gasteiger partial charge >= 0.3 is 0 Å². The van der Waals surface area contributed by atoms with Crippen LogP contribution in [-0.4, -0.2) is 0 Å². The average Bonchev–Trinajstić information content (AvgIpc) is 2.91. The third-order valence-corrected chi connectivity index (χ3v) is 4.28. The third kappa shape index (κ3) is 1.52. The number of halogens is 1. The first-order chi connectivity index (χ1) is 10.8. The van der Waals surface area contributed by atoms with Crippen LogP contribution >= 0.6 is 0 Å². The molecule has 1 aromatic heterocycles. The Morgan fingerprint density at radius 1 is 0.636 bits per heavy atom. The predicted molar refractivity (Wildman–Crippen MR) is 88.7 cm³/mol. The topological polar surface area (TPSA) is 13.1 Å². The van der Waals surface area contributed by atoms with Crippen LogP contribution in [0.15, 0.2) is 71.1 Å². The van der Waals surface area contributed by atoms with E-state index in [0.717, 1.165) is 32.7 Å². The molecule has 22 heavy (non-hydrogen) atoms. The summed E-state index contributed by atoms with van der Waals surface area (Å²) in [7, 11) is 0. The van der Waals surface area contributed by atoms with Crippen molar-refractivity contribution in [3.8, 4) is 0 Å². The molecule has 0 spiro atoms. The van der Waals surface area contributed by atoms with Gasteiger partial charge in [0.05, 0.1) is 0 Å². The Labute approximate surface area is 125 Å². The molecule has 2 heteroatoms. The first-order valence-electron chi connectivity index (χ1n) is 7.23. The monoisotopic (exact) mass is 286 g/mol. The molecule has 0 radical (unpaired) electrons. The van der Waals surface area contributed by atoms with Crippen molar-refractivity contribution in [1.29, 1.82) is 0 Å². The molecule has 1 nitrogen and oxygen atoms in total. The summed E-state index contributed by atoms with van der Waals surface area (Å²) in [5, 5.41) is 6.35. The highest BCUT2D eigenvalue weighted by Crippen LogP contribution is 2.35. The zero-order valence-electron chi connectivity index (χ0n) is 11.6. The van der Waals surface area contributed by atoms with E-state index in [2.05, 4.69) is 30.3 Å². The van der Waals surface area contributed by atoms with Gasteiger partial charge in [0.1, 0.15) is 17.0 Å². The Morgan fingerprint density at radius 3 is 2.32 bits per heavy atom. The molecule has 0 amide bonds. The van der Waals surface area contributed by atoms with Crippen LogP contribution in [0.5, 0.6) is 0 Å². The average molecular weight is 286 g/mol. The van der Waals surface area contributed by atoms with Crippen molar-refractivity contribution in [2.24, 2.45) is 0 Å². The molecule has 0 aliphatic heterocycles. The van der Waals surface area contributed by atoms with Gasteiger partial charge in [0.15, 0.2) is 0 Å². The smallest absolute Gasteiger partial charge is 0.143 e. The lowest BCUT2D eigenvalue weighted by atomic mass is 10.0. The van der Waals surface area contributed by atoms with E-state index >= 15 is 0 Å². The molecule has 5 aromatic rings. The maximum absolute atomic E-state index is 13.5. The van der Waals surface area contributed by atoms with Crippen LogP contribution < -0.4 is 0 Å². The molecule has 1 heterocycles. The highest BCUT2D eigenvalue weighted by Gasteiger charge is 2.11. The second-order valence-corrected chi connectivity index (χ2v) is 5.61. The van der Waals surface area contributed by atoms with Crippen LogP contribution in [0.3, 0.4) is 0 Å². The summed E-state index contributed by atoms with van der Waals surface area (Å²) in [6.07, 6.45) is 0. The number of benzene rings is 4. The van der Waals surface area contributed by atoms with E-state index in [1.807, 2.05) is 18.2 Å². The van der Waals surface area contributed by atoms with Crippen molar-refractivity contribution in [3.05, 3.63) is 72.5 Å². The van der Waals surface area contributed by atoms with E-state index in [1.54, 1.807) is 6.07 Å². The molecule has 0 atom stereocenters. The van der Waals surface area contributed by atoms with E-state index in [1.165, 1.54) is 22.9 Å². The normalized spacial score (nSPS) is 11.9. The van der Waals surface area contributed by atoms with Crippen molar-refractivity contribution >= 4 is 43.5 Å². The summed E-state index contributed by atoms with van der Waals surface area (Å²) in [5.74, 6) is -0.242. The van der Waals surface area contributed by atoms with Crippen molar-refractivity contribution < 1.29 is 8.81 Å². The number of rotatable bonds is 0. The molecule has 0 unspecified atom stereocenters. The van der Waals surface area contributed by atoms with Gasteiger partial charge in [-0.05, 0) is 52.6 Å². The molecule has 0 bridgehead atoms. The lowest BCUT2D eigenvalue weighted by Crippen LogP contribution is -1.77. The minimum atomic E-state index is -0.242. The predicted octanol–water partition coefficient (Wildman–Crippen LogP) is 6.03. The van der Waals surface area contributed by atoms with Gasteiger partial charge in [0.2, 0.25) is 0 Å². The molecule has 0 saturated heterocycles. The first kappa shape index (κ1) is 11.8. The molecule has 5 rings (SSSR count). The van der Waals surface area contributed by atoms with E-state index in [-0.39, 0.29) is 5.82 Å². The van der Waals surface area contributed by atoms with Crippen molar-refractivity contribution in [1.82, 2.24) is 0 Å². The highest BCUT2D eigenvalue weighted by atomic mass is 19.1. The van der Waals surface area contributed by atoms with Gasteiger partial charge in [-0.15, -0.1) is 0 Å². The van der Waals surface area contributed by atoms with Crippen LogP contribution in [0.2, 0.25) is 0 Å². The zero-order valence-corrected chi connectivity index (χ0v) is 11.6. The second kappa shape index (κ2) is 4.08. The lowest BCUT2D eigenvalue weighted by molar-refractivity contribution is 0.626. The molecule has 4 aromatic carbocycles. The second-order valence-electron chi connectivity index (χ2n) is 5.61. The fourth-order valence-corrected chi connectivity index (χ4v) is 3.22. The van der Waals surface area contributed by atoms with Crippen molar-refractivity contribution in [3.63, 3.8) is 0 Å². The summed E-state index contributed by atoms with van der Waals surface area (Å²) in [6, 6.07) is 21.3. The fourth-order valence-electron chi connectivity index (χ4n) is 3.22. The van der Waals surface area contributed by atoms with Gasteiger partial charge in [-0.3, -0.25) is 0 Å². The number of furan rings is 1. The number of fused-ring (bicyclic) bond motifs is 6. The first-order valence-corrected chi connectivity index (χ1v) is 7.23. The third-order valence-electron chi connectivity index (χ3n) is 4.28. The minimum Gasteiger partial charge on any atom is -0.455 e. The standard InChI is InChI=1S/C20H11FO/c21-15-6-8-19-18(11-15)16-7-5-14-9-12-3-1-2-4-13(12)10-17(14)20(16)22-19/h1-11H. The van der Waals surface area contributed by atoms with E-state index in [4.69, 9.17) is 4.42 Å². The molecule has 104 valence electrons. The molecular formula is C20H11FO. The van der Waals surface area contributed by atoms with Gasteiger partial charge in [-0.25, -0.2) is 4.39 Å². The summed E-state index contributed by atoms with van der Waals surface area (Å²) >= 11 is 0. The van der Waals surface area contributed by atoms with Gasteiger partial charge in [-0.1, -0.05) is 30.3 Å². The molecule has 0 aliphatic carbocycles. The summed E-state index contributed by atoms with van der Waals surface area (Å²) in [5.41, 5.74) is 1.54.